The van der Waals surface area contributed by atoms with Crippen molar-refractivity contribution in [2.24, 2.45) is 5.73 Å². The first kappa shape index (κ1) is 21.9. The van der Waals surface area contributed by atoms with Gasteiger partial charge in [-0.1, -0.05) is 11.6 Å². The summed E-state index contributed by atoms with van der Waals surface area (Å²) in [6, 6.07) is 6.55. The van der Waals surface area contributed by atoms with Gasteiger partial charge in [-0.3, -0.25) is 9.78 Å². The molecule has 32 heavy (non-hydrogen) atoms. The average molecular weight is 459 g/mol. The van der Waals surface area contributed by atoms with Gasteiger partial charge >= 0.3 is 6.03 Å². The van der Waals surface area contributed by atoms with Gasteiger partial charge in [0.2, 0.25) is 5.60 Å². The van der Waals surface area contributed by atoms with Crippen LogP contribution in [0.3, 0.4) is 0 Å². The van der Waals surface area contributed by atoms with Crippen molar-refractivity contribution in [2.45, 2.75) is 30.9 Å². The molecule has 0 saturated heterocycles. The number of halogens is 1. The van der Waals surface area contributed by atoms with Crippen molar-refractivity contribution in [3.05, 3.63) is 52.5 Å². The number of hydrogen-bond donors (Lipinski definition) is 3. The molecule has 1 saturated carbocycles. The highest BCUT2D eigenvalue weighted by atomic mass is 35.5. The number of methoxy groups -OCH3 is 2. The SMILES string of the molecule is COC1=Cc2nccc(Oc3ccc(NC(=O)NC4CC4)c(Cl)c3)c2CC1(OC)C(N)=O. The van der Waals surface area contributed by atoms with Crippen molar-refractivity contribution in [2.75, 3.05) is 19.5 Å². The number of hydrogen-bond acceptors (Lipinski definition) is 6. The molecule has 1 unspecified atom stereocenters. The van der Waals surface area contributed by atoms with Crippen molar-refractivity contribution in [3.8, 4) is 11.5 Å². The molecule has 4 N–H and O–H groups in total. The minimum Gasteiger partial charge on any atom is -0.497 e. The van der Waals surface area contributed by atoms with Crippen molar-refractivity contribution in [1.82, 2.24) is 10.3 Å². The van der Waals surface area contributed by atoms with Crippen LogP contribution in [-0.4, -0.2) is 42.8 Å². The maximum atomic E-state index is 12.3. The number of nitrogens with one attached hydrogen (secondary N) is 2. The molecule has 10 heteroatoms. The standard InChI is InChI=1S/C22H23ClN4O5/c1-30-19-10-17-14(11-22(19,31-2)20(24)28)18(7-8-25-17)32-13-5-6-16(15(23)9-13)27-21(29)26-12-3-4-12/h5-10,12H,3-4,11H2,1-2H3,(H2,24,28)(H2,26,27,29). The fraction of sp³-hybridized carbons (Fsp3) is 0.318. The Kier molecular flexibility index (Phi) is 5.94. The van der Waals surface area contributed by atoms with Crippen LogP contribution >= 0.6 is 11.6 Å². The summed E-state index contributed by atoms with van der Waals surface area (Å²) in [5.74, 6) is 0.497. The Labute approximate surface area is 189 Å². The highest BCUT2D eigenvalue weighted by molar-refractivity contribution is 6.33. The molecule has 1 heterocycles. The van der Waals surface area contributed by atoms with E-state index >= 15 is 0 Å². The molecular weight excluding hydrogens is 436 g/mol. The number of urea groups is 1. The number of fused-ring (bicyclic) bond motifs is 1. The van der Waals surface area contributed by atoms with Crippen molar-refractivity contribution >= 4 is 35.3 Å². The summed E-state index contributed by atoms with van der Waals surface area (Å²) in [5, 5.41) is 5.88. The van der Waals surface area contributed by atoms with Gasteiger partial charge in [0.25, 0.3) is 5.91 Å². The number of nitrogens with zero attached hydrogens (tertiary/aromatic N) is 1. The monoisotopic (exact) mass is 458 g/mol. The highest BCUT2D eigenvalue weighted by Gasteiger charge is 2.46. The lowest BCUT2D eigenvalue weighted by Crippen LogP contribution is -2.51. The predicted octanol–water partition coefficient (Wildman–Crippen LogP) is 3.23. The van der Waals surface area contributed by atoms with Gasteiger partial charge in [-0.25, -0.2) is 4.79 Å². The van der Waals surface area contributed by atoms with Crippen molar-refractivity contribution < 1.29 is 23.8 Å². The van der Waals surface area contributed by atoms with E-state index in [4.69, 9.17) is 31.5 Å². The second kappa shape index (κ2) is 8.68. The van der Waals surface area contributed by atoms with E-state index in [-0.39, 0.29) is 24.3 Å². The normalized spacial score (nSPS) is 19.4. The number of primary amides is 1. The third-order valence-electron chi connectivity index (χ3n) is 5.43. The summed E-state index contributed by atoms with van der Waals surface area (Å²) in [7, 11) is 2.83. The zero-order valence-electron chi connectivity index (χ0n) is 17.6. The third-order valence-corrected chi connectivity index (χ3v) is 5.75. The summed E-state index contributed by atoms with van der Waals surface area (Å²) in [5.41, 5.74) is 5.86. The molecule has 3 amide bonds. The first-order chi connectivity index (χ1) is 15.4. The summed E-state index contributed by atoms with van der Waals surface area (Å²) >= 11 is 6.34. The number of amides is 3. The molecule has 0 aliphatic heterocycles. The van der Waals surface area contributed by atoms with E-state index in [1.54, 1.807) is 36.5 Å². The smallest absolute Gasteiger partial charge is 0.319 e. The Morgan fingerprint density at radius 1 is 1.25 bits per heavy atom. The Bertz CT molecular complexity index is 1100. The largest absolute Gasteiger partial charge is 0.497 e. The predicted molar refractivity (Wildman–Crippen MR) is 119 cm³/mol. The van der Waals surface area contributed by atoms with Gasteiger partial charge < -0.3 is 30.6 Å². The van der Waals surface area contributed by atoms with E-state index < -0.39 is 11.5 Å². The quantitative estimate of drug-likeness (QED) is 0.585. The maximum absolute atomic E-state index is 12.3. The molecule has 1 aromatic heterocycles. The molecule has 168 valence electrons. The second-order valence-corrected chi connectivity index (χ2v) is 7.98. The molecule has 1 atom stereocenters. The number of nitrogens with two attached hydrogens (primary N) is 1. The Morgan fingerprint density at radius 3 is 2.66 bits per heavy atom. The first-order valence-corrected chi connectivity index (χ1v) is 10.4. The van der Waals surface area contributed by atoms with E-state index in [1.165, 1.54) is 14.2 Å². The summed E-state index contributed by atoms with van der Waals surface area (Å²) < 4.78 is 16.9. The van der Waals surface area contributed by atoms with Gasteiger partial charge in [0.1, 0.15) is 17.3 Å². The first-order valence-electron chi connectivity index (χ1n) is 10.0. The molecule has 1 aromatic carbocycles. The molecule has 0 spiro atoms. The van der Waals surface area contributed by atoms with Gasteiger partial charge in [-0.05, 0) is 31.0 Å². The molecule has 0 radical (unpaired) electrons. The van der Waals surface area contributed by atoms with Crippen LogP contribution in [0.2, 0.25) is 5.02 Å². The lowest BCUT2D eigenvalue weighted by atomic mass is 9.85. The number of pyridine rings is 1. The average Bonchev–Trinajstić information content (AvgIpc) is 3.58. The molecule has 4 rings (SSSR count). The van der Waals surface area contributed by atoms with Crippen LogP contribution in [0.4, 0.5) is 10.5 Å². The number of carbonyl (C=O) groups excluding carboxylic acids is 2. The number of benzene rings is 1. The van der Waals surface area contributed by atoms with Gasteiger partial charge in [-0.15, -0.1) is 0 Å². The van der Waals surface area contributed by atoms with E-state index in [9.17, 15) is 9.59 Å². The highest BCUT2D eigenvalue weighted by Crippen LogP contribution is 2.40. The summed E-state index contributed by atoms with van der Waals surface area (Å²) in [4.78, 5) is 28.6. The number of rotatable bonds is 7. The second-order valence-electron chi connectivity index (χ2n) is 7.57. The molecule has 9 nitrogen and oxygen atoms in total. The van der Waals surface area contributed by atoms with E-state index in [0.29, 0.717) is 33.5 Å². The van der Waals surface area contributed by atoms with E-state index in [2.05, 4.69) is 15.6 Å². The van der Waals surface area contributed by atoms with E-state index in [1.807, 2.05) is 0 Å². The Morgan fingerprint density at radius 2 is 2.03 bits per heavy atom. The van der Waals surface area contributed by atoms with Gasteiger partial charge in [-0.2, -0.15) is 0 Å². The minimum atomic E-state index is -1.47. The number of aromatic nitrogens is 1. The Balaban J connectivity index is 1.59. The molecule has 2 aliphatic rings. The van der Waals surface area contributed by atoms with Crippen LogP contribution in [0.25, 0.3) is 6.08 Å². The van der Waals surface area contributed by atoms with Crippen LogP contribution in [-0.2, 0) is 20.7 Å². The maximum Gasteiger partial charge on any atom is 0.319 e. The zero-order chi connectivity index (χ0) is 22.9. The van der Waals surface area contributed by atoms with Crippen LogP contribution in [0, 0.1) is 0 Å². The van der Waals surface area contributed by atoms with E-state index in [0.717, 1.165) is 12.8 Å². The number of carbonyl (C=O) groups is 2. The van der Waals surface area contributed by atoms with Gasteiger partial charge in [0.05, 0.1) is 23.5 Å². The molecule has 2 aromatic rings. The molecule has 1 fully saturated rings. The summed E-state index contributed by atoms with van der Waals surface area (Å²) in [6.45, 7) is 0. The Hall–Kier alpha value is -3.30. The molecule has 0 bridgehead atoms. The molecular formula is C22H23ClN4O5. The fourth-order valence-corrected chi connectivity index (χ4v) is 3.75. The topological polar surface area (TPSA) is 125 Å². The summed E-state index contributed by atoms with van der Waals surface area (Å²) in [6.07, 6.45) is 5.27. The van der Waals surface area contributed by atoms with Crippen LogP contribution in [0.1, 0.15) is 24.1 Å². The minimum absolute atomic E-state index is 0.0890. The molecule has 2 aliphatic carbocycles. The zero-order valence-corrected chi connectivity index (χ0v) is 18.4. The van der Waals surface area contributed by atoms with Gasteiger partial charge in [0.15, 0.2) is 0 Å². The van der Waals surface area contributed by atoms with Crippen LogP contribution < -0.4 is 21.1 Å². The lowest BCUT2D eigenvalue weighted by molar-refractivity contribution is -0.139. The number of ether oxygens (including phenoxy) is 3. The van der Waals surface area contributed by atoms with Crippen molar-refractivity contribution in [3.63, 3.8) is 0 Å². The lowest BCUT2D eigenvalue weighted by Gasteiger charge is -2.34. The van der Waals surface area contributed by atoms with Crippen LogP contribution in [0.5, 0.6) is 11.5 Å². The van der Waals surface area contributed by atoms with Gasteiger partial charge in [0, 0.05) is 43.5 Å². The fourth-order valence-electron chi connectivity index (χ4n) is 3.53. The van der Waals surface area contributed by atoms with Crippen LogP contribution in [0.15, 0.2) is 36.2 Å². The third kappa shape index (κ3) is 4.21. The van der Waals surface area contributed by atoms with Crippen molar-refractivity contribution in [1.29, 1.82) is 0 Å². The number of anilines is 1.